The second kappa shape index (κ2) is 58.2. The standard InChI is InChI=1S/C79H129NO18/c1-3-5-7-9-11-13-15-17-19-21-22-23-24-25-26-27-28-29-30-31-32-33-34-35-36-37-38-39-40-41-43-45-47-49-51-53-55-57-67(85)80-62(63(84)56-54-52-50-48-46-44-42-20-18-16-14-12-10-8-6-4-2)61-93-77-73(91)70(88)75(65(59-82)95-77)98-79-74(92)71(89)76(66(60-83)96-79)97-78-72(90)69(87)68(86)64(58-81)94-78/h5,7,11,13,17,19,22-23,25-26,28-29,31-32,34-35,37-38,40-41,46,48,54,56,62-66,68-79,81-84,86-92H,3-4,6,8-10,12,14-16,18,20-21,24,27,30,33,36,39,42-45,47,49-53,55,57-61H2,1-2H3,(H,80,85)/b7-5-,13-11-,19-17-,23-22-,26-25-,29-28-,32-31-,35-34-,38-37-,41-40-,48-46+,56-54+. The fraction of sp³-hybridized carbons (Fsp3) is 0.684. The molecule has 0 aromatic rings. The highest BCUT2D eigenvalue weighted by Crippen LogP contribution is 2.33. The minimum atomic E-state index is -1.99. The van der Waals surface area contributed by atoms with Gasteiger partial charge in [0, 0.05) is 6.42 Å². The molecule has 558 valence electrons. The van der Waals surface area contributed by atoms with E-state index in [9.17, 15) is 61.0 Å². The normalized spacial score (nSPS) is 27.6. The van der Waals surface area contributed by atoms with E-state index >= 15 is 0 Å². The first kappa shape index (κ1) is 87.9. The monoisotopic (exact) mass is 1380 g/mol. The van der Waals surface area contributed by atoms with Crippen LogP contribution in [0, 0.1) is 0 Å². The van der Waals surface area contributed by atoms with Crippen LogP contribution >= 0.6 is 0 Å². The van der Waals surface area contributed by atoms with Crippen molar-refractivity contribution in [1.29, 1.82) is 0 Å². The number of hydrogen-bond acceptors (Lipinski definition) is 18. The quantitative estimate of drug-likeness (QED) is 0.0199. The lowest BCUT2D eigenvalue weighted by Crippen LogP contribution is -2.66. The first-order chi connectivity index (χ1) is 47.8. The molecule has 3 heterocycles. The Bertz CT molecular complexity index is 2340. The molecule has 0 aliphatic carbocycles. The molecule has 3 rings (SSSR count). The molecule has 0 aromatic carbocycles. The van der Waals surface area contributed by atoms with Gasteiger partial charge in [-0.3, -0.25) is 4.79 Å². The molecule has 0 saturated carbocycles. The minimum Gasteiger partial charge on any atom is -0.394 e. The van der Waals surface area contributed by atoms with Gasteiger partial charge < -0.3 is 89.9 Å². The zero-order chi connectivity index (χ0) is 71.1. The summed E-state index contributed by atoms with van der Waals surface area (Å²) in [5.74, 6) is -0.307. The summed E-state index contributed by atoms with van der Waals surface area (Å²) >= 11 is 0. The lowest BCUT2D eigenvalue weighted by atomic mass is 9.96. The molecule has 19 heteroatoms. The van der Waals surface area contributed by atoms with Crippen molar-refractivity contribution in [2.24, 2.45) is 0 Å². The molecular weight excluding hydrogens is 1250 g/mol. The molecule has 1 amide bonds. The topological polar surface area (TPSA) is 307 Å². The summed E-state index contributed by atoms with van der Waals surface area (Å²) in [4.78, 5) is 13.4. The van der Waals surface area contributed by atoms with Crippen LogP contribution in [0.4, 0.5) is 0 Å². The van der Waals surface area contributed by atoms with Crippen molar-refractivity contribution in [2.45, 2.75) is 317 Å². The number of aliphatic hydroxyl groups excluding tert-OH is 11. The molecule has 3 saturated heterocycles. The maximum absolute atomic E-state index is 13.4. The first-order valence-corrected chi connectivity index (χ1v) is 37.1. The number of rotatable bonds is 55. The Balaban J connectivity index is 1.39. The third-order valence-corrected chi connectivity index (χ3v) is 17.4. The van der Waals surface area contributed by atoms with E-state index in [-0.39, 0.29) is 18.9 Å². The Kier molecular flexibility index (Phi) is 52.2. The molecule has 0 radical (unpaired) electrons. The summed E-state index contributed by atoms with van der Waals surface area (Å²) in [6, 6.07) is -1.01. The van der Waals surface area contributed by atoms with Gasteiger partial charge in [0.15, 0.2) is 18.9 Å². The summed E-state index contributed by atoms with van der Waals surface area (Å²) in [7, 11) is 0. The zero-order valence-electron chi connectivity index (χ0n) is 59.2. The first-order valence-electron chi connectivity index (χ1n) is 37.1. The molecular formula is C79H129NO18. The third-order valence-electron chi connectivity index (χ3n) is 17.4. The molecule has 3 fully saturated rings. The van der Waals surface area contributed by atoms with Gasteiger partial charge in [-0.25, -0.2) is 0 Å². The van der Waals surface area contributed by atoms with Crippen LogP contribution in [0.1, 0.15) is 213 Å². The van der Waals surface area contributed by atoms with Crippen LogP contribution in [0.25, 0.3) is 0 Å². The molecule has 3 aliphatic rings. The van der Waals surface area contributed by atoms with Gasteiger partial charge in [-0.05, 0) is 109 Å². The van der Waals surface area contributed by atoms with Gasteiger partial charge in [-0.15, -0.1) is 0 Å². The Morgan fingerprint density at radius 3 is 1.14 bits per heavy atom. The largest absolute Gasteiger partial charge is 0.394 e. The van der Waals surface area contributed by atoms with Crippen molar-refractivity contribution in [3.8, 4) is 0 Å². The molecule has 19 nitrogen and oxygen atoms in total. The minimum absolute atomic E-state index is 0.208. The van der Waals surface area contributed by atoms with Crippen molar-refractivity contribution < 1.29 is 89.4 Å². The summed E-state index contributed by atoms with van der Waals surface area (Å²) in [6.45, 7) is 1.56. The van der Waals surface area contributed by atoms with Gasteiger partial charge in [0.1, 0.15) is 73.2 Å². The molecule has 0 bridgehead atoms. The Labute approximate surface area is 587 Å². The fourth-order valence-electron chi connectivity index (χ4n) is 11.4. The zero-order valence-corrected chi connectivity index (χ0v) is 59.2. The van der Waals surface area contributed by atoms with Gasteiger partial charge in [0.2, 0.25) is 5.91 Å². The van der Waals surface area contributed by atoms with Crippen molar-refractivity contribution >= 4 is 5.91 Å². The van der Waals surface area contributed by atoms with E-state index in [1.54, 1.807) is 6.08 Å². The number of allylic oxidation sites excluding steroid dienone is 23. The lowest BCUT2D eigenvalue weighted by molar-refractivity contribution is -0.379. The number of nitrogens with one attached hydrogen (secondary N) is 1. The van der Waals surface area contributed by atoms with E-state index in [2.05, 4.69) is 153 Å². The predicted octanol–water partition coefficient (Wildman–Crippen LogP) is 11.1. The highest BCUT2D eigenvalue weighted by Gasteiger charge is 2.53. The van der Waals surface area contributed by atoms with Gasteiger partial charge in [-0.2, -0.15) is 0 Å². The van der Waals surface area contributed by atoms with Crippen LogP contribution in [0.2, 0.25) is 0 Å². The molecule has 0 aromatic heterocycles. The molecule has 0 spiro atoms. The lowest BCUT2D eigenvalue weighted by Gasteiger charge is -2.48. The van der Waals surface area contributed by atoms with E-state index < -0.39 is 124 Å². The van der Waals surface area contributed by atoms with Crippen molar-refractivity contribution in [3.63, 3.8) is 0 Å². The van der Waals surface area contributed by atoms with Crippen LogP contribution < -0.4 is 5.32 Å². The number of unbranched alkanes of at least 4 members (excludes halogenated alkanes) is 17. The van der Waals surface area contributed by atoms with Crippen molar-refractivity contribution in [2.75, 3.05) is 26.4 Å². The summed E-state index contributed by atoms with van der Waals surface area (Å²) in [5.41, 5.74) is 0. The van der Waals surface area contributed by atoms with Crippen LogP contribution in [0.3, 0.4) is 0 Å². The SMILES string of the molecule is CC/C=C\C/C=C\C/C=C\C/C=C\C/C=C\C/C=C\C/C=C\C/C=C\C/C=C\C/C=C\CCCCCCCCC(=O)NC(COC1OC(CO)C(OC2OC(CO)C(OC3OC(CO)C(O)C(O)C3O)C(O)C2O)C(O)C1O)C(O)/C=C/CC/C=C/CCCCCCCCCCCC. The number of hydrogen-bond donors (Lipinski definition) is 12. The molecule has 3 aliphatic heterocycles. The molecule has 98 heavy (non-hydrogen) atoms. The fourth-order valence-corrected chi connectivity index (χ4v) is 11.4. The van der Waals surface area contributed by atoms with E-state index in [0.29, 0.717) is 12.8 Å². The second-order valence-electron chi connectivity index (χ2n) is 25.7. The van der Waals surface area contributed by atoms with Crippen LogP contribution in [0.15, 0.2) is 146 Å². The van der Waals surface area contributed by atoms with Gasteiger partial charge in [0.25, 0.3) is 0 Å². The molecule has 17 atom stereocenters. The smallest absolute Gasteiger partial charge is 0.220 e. The number of carbonyl (C=O) groups excluding carboxylic acids is 1. The van der Waals surface area contributed by atoms with Gasteiger partial charge in [0.05, 0.1) is 38.6 Å². The Hall–Kier alpha value is -4.33. The van der Waals surface area contributed by atoms with Crippen LogP contribution in [0.5, 0.6) is 0 Å². The van der Waals surface area contributed by atoms with E-state index in [1.807, 2.05) is 6.08 Å². The highest BCUT2D eigenvalue weighted by atomic mass is 16.8. The summed E-state index contributed by atoms with van der Waals surface area (Å²) < 4.78 is 34.3. The molecule has 12 N–H and O–H groups in total. The highest BCUT2D eigenvalue weighted by molar-refractivity contribution is 5.76. The predicted molar refractivity (Wildman–Crippen MR) is 387 cm³/mol. The van der Waals surface area contributed by atoms with E-state index in [1.165, 1.54) is 57.8 Å². The average Bonchev–Trinajstić information content (AvgIpc) is 0.784. The van der Waals surface area contributed by atoms with Crippen molar-refractivity contribution in [1.82, 2.24) is 5.32 Å². The number of aliphatic hydroxyl groups is 11. The van der Waals surface area contributed by atoms with Crippen LogP contribution in [-0.4, -0.2) is 193 Å². The molecule has 17 unspecified atom stereocenters. The van der Waals surface area contributed by atoms with E-state index in [4.69, 9.17) is 28.4 Å². The number of carbonyl (C=O) groups is 1. The number of ether oxygens (including phenoxy) is 6. The Morgan fingerprint density at radius 1 is 0.378 bits per heavy atom. The summed E-state index contributed by atoms with van der Waals surface area (Å²) in [6.07, 6.45) is 56.8. The number of amides is 1. The summed E-state index contributed by atoms with van der Waals surface area (Å²) in [5, 5.41) is 121. The third kappa shape index (κ3) is 38.6. The second-order valence-corrected chi connectivity index (χ2v) is 25.7. The average molecular weight is 1380 g/mol. The maximum atomic E-state index is 13.4. The van der Waals surface area contributed by atoms with Gasteiger partial charge >= 0.3 is 0 Å². The Morgan fingerprint density at radius 2 is 0.714 bits per heavy atom. The van der Waals surface area contributed by atoms with Gasteiger partial charge in [-0.1, -0.05) is 243 Å². The maximum Gasteiger partial charge on any atom is 0.220 e. The van der Waals surface area contributed by atoms with Crippen molar-refractivity contribution in [3.05, 3.63) is 146 Å². The van der Waals surface area contributed by atoms with E-state index in [0.717, 1.165) is 122 Å². The van der Waals surface area contributed by atoms with Crippen LogP contribution in [-0.2, 0) is 33.2 Å².